The molecule has 1 aromatic rings. The second-order valence-electron chi connectivity index (χ2n) is 6.57. The third kappa shape index (κ3) is 3.97. The van der Waals surface area contributed by atoms with E-state index in [1.54, 1.807) is 6.08 Å². The molecule has 0 bridgehead atoms. The van der Waals surface area contributed by atoms with E-state index in [0.717, 1.165) is 49.4 Å². The molecule has 5 heteroatoms. The van der Waals surface area contributed by atoms with Gasteiger partial charge in [0.05, 0.1) is 5.69 Å². The Morgan fingerprint density at radius 2 is 1.95 bits per heavy atom. The van der Waals surface area contributed by atoms with E-state index in [-0.39, 0.29) is 5.91 Å². The highest BCUT2D eigenvalue weighted by molar-refractivity contribution is 5.92. The summed E-state index contributed by atoms with van der Waals surface area (Å²) >= 11 is 0. The maximum Gasteiger partial charge on any atom is 0.246 e. The molecule has 0 radical (unpaired) electrons. The van der Waals surface area contributed by atoms with Crippen molar-refractivity contribution in [3.63, 3.8) is 0 Å². The summed E-state index contributed by atoms with van der Waals surface area (Å²) in [5.74, 6) is 0.830. The van der Waals surface area contributed by atoms with E-state index < -0.39 is 0 Å². The molecule has 1 aromatic heterocycles. The first-order valence-corrected chi connectivity index (χ1v) is 8.00. The zero-order valence-electron chi connectivity index (χ0n) is 14.5. The Hall–Kier alpha value is -1.62. The molecule has 5 nitrogen and oxygen atoms in total. The third-order valence-corrected chi connectivity index (χ3v) is 4.51. The summed E-state index contributed by atoms with van der Waals surface area (Å²) < 4.78 is 1.85. The number of carbonyl (C=O) groups is 1. The summed E-state index contributed by atoms with van der Waals surface area (Å²) in [6, 6.07) is 0. The van der Waals surface area contributed by atoms with Gasteiger partial charge in [0.2, 0.25) is 5.91 Å². The second-order valence-corrected chi connectivity index (χ2v) is 6.57. The van der Waals surface area contributed by atoms with Crippen molar-refractivity contribution in [1.29, 1.82) is 0 Å². The molecule has 22 heavy (non-hydrogen) atoms. The zero-order valence-corrected chi connectivity index (χ0v) is 14.5. The van der Waals surface area contributed by atoms with E-state index >= 15 is 0 Å². The number of hydrogen-bond acceptors (Lipinski definition) is 3. The fraction of sp³-hybridized carbons (Fsp3) is 0.647. The molecule has 0 atom stereocenters. The number of likely N-dealkylation sites (tertiary alicyclic amines) is 1. The first kappa shape index (κ1) is 16.7. The van der Waals surface area contributed by atoms with Crippen LogP contribution in [0.1, 0.15) is 29.8 Å². The van der Waals surface area contributed by atoms with E-state index in [2.05, 4.69) is 24.1 Å². The molecule has 0 spiro atoms. The number of amides is 1. The van der Waals surface area contributed by atoms with Crippen molar-refractivity contribution in [1.82, 2.24) is 19.6 Å². The van der Waals surface area contributed by atoms with Gasteiger partial charge in [0.1, 0.15) is 0 Å². The molecule has 0 aliphatic carbocycles. The van der Waals surface area contributed by atoms with Crippen molar-refractivity contribution in [2.75, 3.05) is 33.7 Å². The number of nitrogens with zero attached hydrogens (tertiary/aromatic N) is 4. The van der Waals surface area contributed by atoms with Crippen LogP contribution in [0, 0.1) is 19.8 Å². The van der Waals surface area contributed by atoms with Crippen molar-refractivity contribution < 1.29 is 4.79 Å². The van der Waals surface area contributed by atoms with E-state index in [4.69, 9.17) is 0 Å². The highest BCUT2D eigenvalue weighted by Crippen LogP contribution is 2.19. The van der Waals surface area contributed by atoms with Crippen molar-refractivity contribution >= 4 is 12.0 Å². The van der Waals surface area contributed by atoms with E-state index in [1.807, 2.05) is 36.6 Å². The summed E-state index contributed by atoms with van der Waals surface area (Å²) in [5.41, 5.74) is 3.11. The van der Waals surface area contributed by atoms with Crippen molar-refractivity contribution in [3.05, 3.63) is 23.0 Å². The number of piperidine rings is 1. The molecule has 1 aliphatic rings. The maximum atomic E-state index is 12.3. The summed E-state index contributed by atoms with van der Waals surface area (Å²) in [7, 11) is 6.15. The summed E-state index contributed by atoms with van der Waals surface area (Å²) in [6.07, 6.45) is 5.81. The van der Waals surface area contributed by atoms with E-state index in [9.17, 15) is 4.79 Å². The Bertz CT molecular complexity index is 551. The molecule has 0 N–H and O–H groups in total. The number of hydrogen-bond donors (Lipinski definition) is 0. The Morgan fingerprint density at radius 1 is 1.32 bits per heavy atom. The van der Waals surface area contributed by atoms with Crippen molar-refractivity contribution in [2.24, 2.45) is 13.0 Å². The standard InChI is InChI=1S/C17H28N4O/c1-13-16(14(2)20(5)18-13)6-7-17(22)21-10-8-15(9-11-21)12-19(3)4/h6-7,15H,8-12H2,1-5H3. The van der Waals surface area contributed by atoms with Crippen molar-refractivity contribution in [2.45, 2.75) is 26.7 Å². The van der Waals surface area contributed by atoms with Gasteiger partial charge in [-0.3, -0.25) is 9.48 Å². The summed E-state index contributed by atoms with van der Waals surface area (Å²) in [6.45, 7) is 6.85. The van der Waals surface area contributed by atoms with Gasteiger partial charge in [-0.25, -0.2) is 0 Å². The Morgan fingerprint density at radius 3 is 2.45 bits per heavy atom. The van der Waals surface area contributed by atoms with E-state index in [0.29, 0.717) is 5.92 Å². The third-order valence-electron chi connectivity index (χ3n) is 4.51. The van der Waals surface area contributed by atoms with Crippen LogP contribution in [-0.4, -0.2) is 59.2 Å². The first-order chi connectivity index (χ1) is 10.4. The minimum Gasteiger partial charge on any atom is -0.339 e. The van der Waals surface area contributed by atoms with Crippen LogP contribution in [0.15, 0.2) is 6.08 Å². The van der Waals surface area contributed by atoms with E-state index in [1.165, 1.54) is 0 Å². The quantitative estimate of drug-likeness (QED) is 0.797. The molecule has 0 aromatic carbocycles. The lowest BCUT2D eigenvalue weighted by molar-refractivity contribution is -0.127. The second kappa shape index (κ2) is 7.09. The Balaban J connectivity index is 1.92. The predicted octanol–water partition coefficient (Wildman–Crippen LogP) is 1.85. The van der Waals surface area contributed by atoms with Gasteiger partial charge in [-0.2, -0.15) is 5.10 Å². The lowest BCUT2D eigenvalue weighted by atomic mass is 9.96. The van der Waals surface area contributed by atoms with Gasteiger partial charge in [0.15, 0.2) is 0 Å². The number of carbonyl (C=O) groups excluding carboxylic acids is 1. The van der Waals surface area contributed by atoms with Gasteiger partial charge in [0.25, 0.3) is 0 Å². The molecular weight excluding hydrogens is 276 g/mol. The van der Waals surface area contributed by atoms with Gasteiger partial charge >= 0.3 is 0 Å². The number of aromatic nitrogens is 2. The summed E-state index contributed by atoms with van der Waals surface area (Å²) in [5, 5.41) is 4.37. The predicted molar refractivity (Wildman–Crippen MR) is 89.6 cm³/mol. The minimum absolute atomic E-state index is 0.117. The fourth-order valence-corrected chi connectivity index (χ4v) is 3.14. The number of rotatable bonds is 4. The first-order valence-electron chi connectivity index (χ1n) is 8.00. The van der Waals surface area contributed by atoms with Crippen LogP contribution in [0.25, 0.3) is 6.08 Å². The van der Waals surface area contributed by atoms with Crippen LogP contribution in [-0.2, 0) is 11.8 Å². The van der Waals surface area contributed by atoms with Crippen LogP contribution < -0.4 is 0 Å². The molecule has 1 fully saturated rings. The van der Waals surface area contributed by atoms with Crippen LogP contribution in [0.4, 0.5) is 0 Å². The molecule has 1 aliphatic heterocycles. The number of aryl methyl sites for hydroxylation is 2. The maximum absolute atomic E-state index is 12.3. The minimum atomic E-state index is 0.117. The van der Waals surface area contributed by atoms with Crippen LogP contribution in [0.2, 0.25) is 0 Å². The average Bonchev–Trinajstić information content (AvgIpc) is 2.70. The molecule has 1 saturated heterocycles. The molecule has 1 amide bonds. The monoisotopic (exact) mass is 304 g/mol. The lowest BCUT2D eigenvalue weighted by Crippen LogP contribution is -2.39. The molecule has 0 saturated carbocycles. The average molecular weight is 304 g/mol. The molecule has 0 unspecified atom stereocenters. The van der Waals surface area contributed by atoms with Crippen LogP contribution >= 0.6 is 0 Å². The highest BCUT2D eigenvalue weighted by atomic mass is 16.2. The smallest absolute Gasteiger partial charge is 0.246 e. The SMILES string of the molecule is Cc1nn(C)c(C)c1C=CC(=O)N1CCC(CN(C)C)CC1. The molecular formula is C17H28N4O. The van der Waals surface area contributed by atoms with Crippen molar-refractivity contribution in [3.8, 4) is 0 Å². The normalized spacial score (nSPS) is 16.9. The zero-order chi connectivity index (χ0) is 16.3. The highest BCUT2D eigenvalue weighted by Gasteiger charge is 2.21. The van der Waals surface area contributed by atoms with Gasteiger partial charge in [0, 0.05) is 44.0 Å². The molecule has 2 rings (SSSR count). The lowest BCUT2D eigenvalue weighted by Gasteiger charge is -2.32. The van der Waals surface area contributed by atoms with Gasteiger partial charge < -0.3 is 9.80 Å². The Labute approximate surface area is 133 Å². The largest absolute Gasteiger partial charge is 0.339 e. The fourth-order valence-electron chi connectivity index (χ4n) is 3.14. The van der Waals surface area contributed by atoms with Crippen LogP contribution in [0.3, 0.4) is 0 Å². The molecule has 122 valence electrons. The molecule has 2 heterocycles. The summed E-state index contributed by atoms with van der Waals surface area (Å²) in [4.78, 5) is 16.5. The van der Waals surface area contributed by atoms with Crippen LogP contribution in [0.5, 0.6) is 0 Å². The van der Waals surface area contributed by atoms with Gasteiger partial charge in [-0.05, 0) is 52.8 Å². The topological polar surface area (TPSA) is 41.4 Å². The van der Waals surface area contributed by atoms with Gasteiger partial charge in [-0.15, -0.1) is 0 Å². The Kier molecular flexibility index (Phi) is 5.40. The van der Waals surface area contributed by atoms with Gasteiger partial charge in [-0.1, -0.05) is 0 Å².